The van der Waals surface area contributed by atoms with Crippen molar-refractivity contribution in [1.82, 2.24) is 10.2 Å². The highest BCUT2D eigenvalue weighted by molar-refractivity contribution is 9.10. The third-order valence-electron chi connectivity index (χ3n) is 7.11. The summed E-state index contributed by atoms with van der Waals surface area (Å²) in [4.78, 5) is 29.2. The van der Waals surface area contributed by atoms with Gasteiger partial charge >= 0.3 is 0 Å². The van der Waals surface area contributed by atoms with Crippen LogP contribution in [0.5, 0.6) is 0 Å². The van der Waals surface area contributed by atoms with E-state index in [9.17, 15) is 18.0 Å². The molecule has 0 aromatic heterocycles. The number of rotatable bonds is 11. The Morgan fingerprint density at radius 1 is 0.884 bits per heavy atom. The SMILES string of the molecule is CNC(=O)[C@H](Cc1ccccc1)N(Cc1ccc(Br)cc1)C(=O)CN(c1cc(Cl)ccc1C)S(=O)(=O)c1ccc(C)cc1. The second-order valence-electron chi connectivity index (χ2n) is 10.2. The van der Waals surface area contributed by atoms with E-state index in [1.807, 2.05) is 61.5 Å². The molecular formula is C33H33BrClN3O4S. The monoisotopic (exact) mass is 681 g/mol. The number of nitrogens with one attached hydrogen (secondary N) is 1. The van der Waals surface area contributed by atoms with Gasteiger partial charge in [0.25, 0.3) is 10.0 Å². The number of sulfonamides is 1. The Morgan fingerprint density at radius 2 is 1.53 bits per heavy atom. The van der Waals surface area contributed by atoms with E-state index in [1.165, 1.54) is 30.1 Å². The predicted molar refractivity (Wildman–Crippen MR) is 175 cm³/mol. The Hall–Kier alpha value is -3.66. The molecule has 1 N–H and O–H groups in total. The summed E-state index contributed by atoms with van der Waals surface area (Å²) < 4.78 is 30.2. The predicted octanol–water partition coefficient (Wildman–Crippen LogP) is 6.30. The van der Waals surface area contributed by atoms with Crippen LogP contribution in [-0.2, 0) is 32.6 Å². The highest BCUT2D eigenvalue weighted by atomic mass is 79.9. The number of hydrogen-bond acceptors (Lipinski definition) is 4. The van der Waals surface area contributed by atoms with Crippen molar-refractivity contribution >= 4 is 55.1 Å². The zero-order valence-corrected chi connectivity index (χ0v) is 27.3. The molecule has 10 heteroatoms. The highest BCUT2D eigenvalue weighted by Crippen LogP contribution is 2.30. The zero-order valence-electron chi connectivity index (χ0n) is 24.1. The van der Waals surface area contributed by atoms with Gasteiger partial charge in [0.1, 0.15) is 12.6 Å². The maximum Gasteiger partial charge on any atom is 0.264 e. The molecule has 4 aromatic rings. The Bertz CT molecular complexity index is 1680. The summed E-state index contributed by atoms with van der Waals surface area (Å²) in [5.41, 5.74) is 3.45. The molecule has 0 unspecified atom stereocenters. The van der Waals surface area contributed by atoms with E-state index < -0.39 is 28.5 Å². The van der Waals surface area contributed by atoms with Gasteiger partial charge < -0.3 is 10.2 Å². The number of benzene rings is 4. The number of hydrogen-bond donors (Lipinski definition) is 1. The number of halogens is 2. The molecule has 0 aliphatic heterocycles. The Labute approximate surface area is 266 Å². The van der Waals surface area contributed by atoms with Crippen LogP contribution in [0.2, 0.25) is 5.02 Å². The standard InChI is InChI=1S/C33H33BrClN3O4S/c1-23-9-17-29(18-10-23)43(41,42)38(30-20-28(35)16-11-24(30)2)22-32(39)37(21-26-12-14-27(34)15-13-26)31(33(40)36-3)19-25-7-5-4-6-8-25/h4-18,20,31H,19,21-22H2,1-3H3,(H,36,40)/t31-/m0/s1. The van der Waals surface area contributed by atoms with Crippen molar-refractivity contribution in [2.45, 2.75) is 37.8 Å². The maximum atomic E-state index is 14.4. The van der Waals surface area contributed by atoms with Gasteiger partial charge in [0.05, 0.1) is 10.6 Å². The van der Waals surface area contributed by atoms with Crippen LogP contribution in [0.3, 0.4) is 0 Å². The molecule has 0 aliphatic carbocycles. The van der Waals surface area contributed by atoms with Crippen molar-refractivity contribution in [1.29, 1.82) is 0 Å². The molecule has 4 aromatic carbocycles. The van der Waals surface area contributed by atoms with E-state index >= 15 is 0 Å². The first kappa shape index (κ1) is 32.3. The summed E-state index contributed by atoms with van der Waals surface area (Å²) >= 11 is 9.76. The quantitative estimate of drug-likeness (QED) is 0.201. The van der Waals surface area contributed by atoms with E-state index in [1.54, 1.807) is 31.2 Å². The molecule has 0 saturated heterocycles. The summed E-state index contributed by atoms with van der Waals surface area (Å²) in [6, 6.07) is 27.3. The van der Waals surface area contributed by atoms with Gasteiger partial charge in [0.2, 0.25) is 11.8 Å². The van der Waals surface area contributed by atoms with Crippen molar-refractivity contribution in [3.8, 4) is 0 Å². The van der Waals surface area contributed by atoms with Gasteiger partial charge in [-0.15, -0.1) is 0 Å². The summed E-state index contributed by atoms with van der Waals surface area (Å²) in [6.07, 6.45) is 0.240. The number of anilines is 1. The van der Waals surface area contributed by atoms with Gasteiger partial charge in [-0.2, -0.15) is 0 Å². The molecule has 0 aliphatic rings. The van der Waals surface area contributed by atoms with Crippen LogP contribution >= 0.6 is 27.5 Å². The Balaban J connectivity index is 1.81. The van der Waals surface area contributed by atoms with Gasteiger partial charge in [-0.25, -0.2) is 8.42 Å². The Morgan fingerprint density at radius 3 is 2.16 bits per heavy atom. The minimum absolute atomic E-state index is 0.0388. The van der Waals surface area contributed by atoms with E-state index in [-0.39, 0.29) is 29.5 Å². The molecule has 0 radical (unpaired) electrons. The lowest BCUT2D eigenvalue weighted by Gasteiger charge is -2.34. The molecule has 43 heavy (non-hydrogen) atoms. The minimum Gasteiger partial charge on any atom is -0.357 e. The highest BCUT2D eigenvalue weighted by Gasteiger charge is 2.34. The lowest BCUT2D eigenvalue weighted by Crippen LogP contribution is -2.53. The summed E-state index contributed by atoms with van der Waals surface area (Å²) in [6.45, 7) is 3.17. The van der Waals surface area contributed by atoms with Crippen LogP contribution in [0.15, 0.2) is 106 Å². The first-order valence-electron chi connectivity index (χ1n) is 13.6. The average molecular weight is 683 g/mol. The van der Waals surface area contributed by atoms with Crippen LogP contribution in [0, 0.1) is 13.8 Å². The summed E-state index contributed by atoms with van der Waals surface area (Å²) in [7, 11) is -2.69. The average Bonchev–Trinajstić information content (AvgIpc) is 3.00. The molecule has 0 saturated carbocycles. The fourth-order valence-corrected chi connectivity index (χ4v) is 6.61. The van der Waals surface area contributed by atoms with E-state index in [0.29, 0.717) is 10.6 Å². The van der Waals surface area contributed by atoms with E-state index in [0.717, 1.165) is 25.5 Å². The van der Waals surface area contributed by atoms with Gasteiger partial charge in [0.15, 0.2) is 0 Å². The largest absolute Gasteiger partial charge is 0.357 e. The number of carbonyl (C=O) groups is 2. The van der Waals surface area contributed by atoms with Crippen molar-refractivity contribution in [2.75, 3.05) is 17.9 Å². The Kier molecular flexibility index (Phi) is 10.7. The summed E-state index contributed by atoms with van der Waals surface area (Å²) in [5.74, 6) is -0.899. The topological polar surface area (TPSA) is 86.8 Å². The molecular weight excluding hydrogens is 650 g/mol. The molecule has 1 atom stereocenters. The normalized spacial score (nSPS) is 11.9. The third kappa shape index (κ3) is 8.04. The van der Waals surface area contributed by atoms with Crippen molar-refractivity contribution < 1.29 is 18.0 Å². The molecule has 0 fully saturated rings. The molecule has 224 valence electrons. The zero-order chi connectivity index (χ0) is 31.1. The van der Waals surface area contributed by atoms with E-state index in [4.69, 9.17) is 11.6 Å². The molecule has 0 spiro atoms. The van der Waals surface area contributed by atoms with Crippen LogP contribution in [0.4, 0.5) is 5.69 Å². The number of nitrogens with zero attached hydrogens (tertiary/aromatic N) is 2. The number of carbonyl (C=O) groups excluding carboxylic acids is 2. The van der Waals surface area contributed by atoms with Crippen LogP contribution in [0.25, 0.3) is 0 Å². The first-order valence-corrected chi connectivity index (χ1v) is 16.3. The smallest absolute Gasteiger partial charge is 0.264 e. The van der Waals surface area contributed by atoms with Crippen molar-refractivity contribution in [2.24, 2.45) is 0 Å². The number of aryl methyl sites for hydroxylation is 2. The maximum absolute atomic E-state index is 14.4. The van der Waals surface area contributed by atoms with Gasteiger partial charge in [-0.3, -0.25) is 13.9 Å². The second-order valence-corrected chi connectivity index (χ2v) is 13.4. The van der Waals surface area contributed by atoms with Gasteiger partial charge in [-0.1, -0.05) is 93.8 Å². The molecule has 4 rings (SSSR count). The fraction of sp³-hybridized carbons (Fsp3) is 0.212. The third-order valence-corrected chi connectivity index (χ3v) is 9.65. The molecule has 0 bridgehead atoms. The lowest BCUT2D eigenvalue weighted by atomic mass is 10.0. The van der Waals surface area contributed by atoms with Gasteiger partial charge in [0, 0.05) is 29.5 Å². The fourth-order valence-electron chi connectivity index (χ4n) is 4.71. The first-order chi connectivity index (χ1) is 20.5. The van der Waals surface area contributed by atoms with Crippen LogP contribution in [-0.4, -0.2) is 44.8 Å². The molecule has 2 amide bonds. The van der Waals surface area contributed by atoms with E-state index in [2.05, 4.69) is 21.2 Å². The van der Waals surface area contributed by atoms with Gasteiger partial charge in [-0.05, 0) is 66.9 Å². The molecule has 7 nitrogen and oxygen atoms in total. The van der Waals surface area contributed by atoms with Crippen LogP contribution < -0.4 is 9.62 Å². The van der Waals surface area contributed by atoms with Crippen molar-refractivity contribution in [3.05, 3.63) is 129 Å². The van der Waals surface area contributed by atoms with Crippen molar-refractivity contribution in [3.63, 3.8) is 0 Å². The number of amides is 2. The number of likely N-dealkylation sites (N-methyl/N-ethyl adjacent to an activating group) is 1. The molecule has 0 heterocycles. The minimum atomic E-state index is -4.21. The lowest BCUT2D eigenvalue weighted by molar-refractivity contribution is -0.139. The van der Waals surface area contributed by atoms with Crippen LogP contribution in [0.1, 0.15) is 22.3 Å². The summed E-state index contributed by atoms with van der Waals surface area (Å²) in [5, 5.41) is 3.02. The second kappa shape index (κ2) is 14.2.